The Morgan fingerprint density at radius 2 is 1.95 bits per heavy atom. The smallest absolute Gasteiger partial charge is 0.251 e. The third-order valence-electron chi connectivity index (χ3n) is 3.63. The van der Waals surface area contributed by atoms with Crippen LogP contribution in [0, 0.1) is 0 Å². The molecule has 2 aromatic rings. The molecular weight excluding hydrogens is 268 g/mol. The van der Waals surface area contributed by atoms with Crippen molar-refractivity contribution >= 4 is 0 Å². The van der Waals surface area contributed by atoms with E-state index in [2.05, 4.69) is 9.97 Å². The molecule has 1 aromatic carbocycles. The first kappa shape index (κ1) is 13.7. The lowest BCUT2D eigenvalue weighted by molar-refractivity contribution is 0.354. The number of aromatic amines is 1. The zero-order valence-electron chi connectivity index (χ0n) is 12.2. The quantitative estimate of drug-likeness (QED) is 0.915. The minimum absolute atomic E-state index is 0.0811. The third-order valence-corrected chi connectivity index (χ3v) is 3.63. The summed E-state index contributed by atoms with van der Waals surface area (Å²) in [5.74, 6) is 2.53. The van der Waals surface area contributed by atoms with Gasteiger partial charge in [0.1, 0.15) is 5.82 Å². The largest absolute Gasteiger partial charge is 0.493 e. The van der Waals surface area contributed by atoms with Gasteiger partial charge in [-0.25, -0.2) is 4.98 Å². The van der Waals surface area contributed by atoms with Gasteiger partial charge in [-0.3, -0.25) is 4.79 Å². The van der Waals surface area contributed by atoms with Crippen LogP contribution in [0.3, 0.4) is 0 Å². The fraction of sp³-hybridized carbons (Fsp3) is 0.375. The maximum atomic E-state index is 11.7. The van der Waals surface area contributed by atoms with Gasteiger partial charge in [-0.1, -0.05) is 6.07 Å². The van der Waals surface area contributed by atoms with E-state index in [1.807, 2.05) is 18.2 Å². The van der Waals surface area contributed by atoms with Gasteiger partial charge in [-0.15, -0.1) is 0 Å². The van der Waals surface area contributed by atoms with E-state index in [0.717, 1.165) is 24.1 Å². The Balaban J connectivity index is 1.87. The molecular formula is C16H18N2O3. The fourth-order valence-electron chi connectivity index (χ4n) is 2.38. The van der Waals surface area contributed by atoms with Crippen LogP contribution >= 0.6 is 0 Å². The lowest BCUT2D eigenvalue weighted by Crippen LogP contribution is -2.12. The van der Waals surface area contributed by atoms with Gasteiger partial charge >= 0.3 is 0 Å². The van der Waals surface area contributed by atoms with E-state index in [9.17, 15) is 4.79 Å². The van der Waals surface area contributed by atoms with Crippen molar-refractivity contribution in [3.8, 4) is 11.5 Å². The molecule has 1 heterocycles. The molecule has 0 aliphatic heterocycles. The molecule has 1 N–H and O–H groups in total. The maximum Gasteiger partial charge on any atom is 0.251 e. The first-order valence-electron chi connectivity index (χ1n) is 7.00. The number of hydrogen-bond acceptors (Lipinski definition) is 4. The van der Waals surface area contributed by atoms with Crippen LogP contribution in [0.2, 0.25) is 0 Å². The minimum atomic E-state index is -0.0811. The van der Waals surface area contributed by atoms with Crippen molar-refractivity contribution in [2.24, 2.45) is 0 Å². The third kappa shape index (κ3) is 3.07. The molecule has 110 valence electrons. The zero-order valence-corrected chi connectivity index (χ0v) is 12.2. The summed E-state index contributed by atoms with van der Waals surface area (Å²) in [4.78, 5) is 19.1. The highest BCUT2D eigenvalue weighted by Gasteiger charge is 2.25. The van der Waals surface area contributed by atoms with Gasteiger partial charge in [-0.2, -0.15) is 0 Å². The van der Waals surface area contributed by atoms with E-state index >= 15 is 0 Å². The molecule has 1 saturated carbocycles. The average molecular weight is 286 g/mol. The Morgan fingerprint density at radius 3 is 2.62 bits per heavy atom. The van der Waals surface area contributed by atoms with Crippen LogP contribution < -0.4 is 15.0 Å². The number of ether oxygens (including phenoxy) is 2. The van der Waals surface area contributed by atoms with Crippen molar-refractivity contribution in [3.63, 3.8) is 0 Å². The van der Waals surface area contributed by atoms with E-state index in [1.54, 1.807) is 20.3 Å². The fourth-order valence-corrected chi connectivity index (χ4v) is 2.38. The minimum Gasteiger partial charge on any atom is -0.493 e. The van der Waals surface area contributed by atoms with Crippen molar-refractivity contribution in [1.82, 2.24) is 9.97 Å². The number of rotatable bonds is 5. The number of methoxy groups -OCH3 is 2. The van der Waals surface area contributed by atoms with Crippen LogP contribution in [0.5, 0.6) is 11.5 Å². The molecule has 0 spiro atoms. The van der Waals surface area contributed by atoms with Crippen LogP contribution in [0.1, 0.15) is 35.8 Å². The number of benzene rings is 1. The Kier molecular flexibility index (Phi) is 3.64. The van der Waals surface area contributed by atoms with Crippen LogP contribution in [0.25, 0.3) is 0 Å². The summed E-state index contributed by atoms with van der Waals surface area (Å²) in [5.41, 5.74) is 1.85. The topological polar surface area (TPSA) is 64.2 Å². The standard InChI is InChI=1S/C16H18N2O3/c1-20-13-6-3-10(7-14(13)21-2)8-15-17-12(11-4-5-11)9-16(19)18-15/h3,6-7,9,11H,4-5,8H2,1-2H3,(H,17,18,19). The number of H-pyrrole nitrogens is 1. The second-order valence-electron chi connectivity index (χ2n) is 5.26. The molecule has 1 aliphatic carbocycles. The van der Waals surface area contributed by atoms with Crippen molar-refractivity contribution < 1.29 is 9.47 Å². The van der Waals surface area contributed by atoms with E-state index < -0.39 is 0 Å². The summed E-state index contributed by atoms with van der Waals surface area (Å²) in [5, 5.41) is 0. The molecule has 5 nitrogen and oxygen atoms in total. The summed E-state index contributed by atoms with van der Waals surface area (Å²) in [6.45, 7) is 0. The van der Waals surface area contributed by atoms with Crippen LogP contribution in [0.15, 0.2) is 29.1 Å². The Labute approximate surface area is 123 Å². The van der Waals surface area contributed by atoms with Gasteiger partial charge in [-0.05, 0) is 30.5 Å². The molecule has 0 bridgehead atoms. The molecule has 5 heteroatoms. The van der Waals surface area contributed by atoms with E-state index in [-0.39, 0.29) is 5.56 Å². The lowest BCUT2D eigenvalue weighted by atomic mass is 10.1. The monoisotopic (exact) mass is 286 g/mol. The van der Waals surface area contributed by atoms with Gasteiger partial charge in [0.2, 0.25) is 0 Å². The van der Waals surface area contributed by atoms with Crippen molar-refractivity contribution in [1.29, 1.82) is 0 Å². The molecule has 0 radical (unpaired) electrons. The van der Waals surface area contributed by atoms with E-state index in [0.29, 0.717) is 29.7 Å². The van der Waals surface area contributed by atoms with E-state index in [4.69, 9.17) is 9.47 Å². The van der Waals surface area contributed by atoms with Crippen LogP contribution in [0.4, 0.5) is 0 Å². The van der Waals surface area contributed by atoms with E-state index in [1.165, 1.54) is 0 Å². The second kappa shape index (κ2) is 5.60. The van der Waals surface area contributed by atoms with Gasteiger partial charge in [0.25, 0.3) is 5.56 Å². The molecule has 0 atom stereocenters. The molecule has 0 unspecified atom stereocenters. The summed E-state index contributed by atoms with van der Waals surface area (Å²) in [7, 11) is 3.21. The Hall–Kier alpha value is -2.30. The van der Waals surface area contributed by atoms with Crippen molar-refractivity contribution in [2.75, 3.05) is 14.2 Å². The summed E-state index contributed by atoms with van der Waals surface area (Å²) >= 11 is 0. The predicted octanol–water partition coefficient (Wildman–Crippen LogP) is 2.26. The van der Waals surface area contributed by atoms with Crippen LogP contribution in [-0.4, -0.2) is 24.2 Å². The second-order valence-corrected chi connectivity index (χ2v) is 5.26. The molecule has 0 amide bonds. The molecule has 1 fully saturated rings. The van der Waals surface area contributed by atoms with Gasteiger partial charge in [0.05, 0.1) is 19.9 Å². The normalized spacial score (nSPS) is 14.0. The summed E-state index contributed by atoms with van der Waals surface area (Å²) in [6, 6.07) is 7.32. The van der Waals surface area contributed by atoms with Gasteiger partial charge < -0.3 is 14.5 Å². The van der Waals surface area contributed by atoms with Crippen molar-refractivity contribution in [3.05, 3.63) is 51.7 Å². The lowest BCUT2D eigenvalue weighted by Gasteiger charge is -2.09. The summed E-state index contributed by atoms with van der Waals surface area (Å²) < 4.78 is 10.5. The SMILES string of the molecule is COc1ccc(Cc2nc(C3CC3)cc(=O)[nH]2)cc1OC. The first-order chi connectivity index (χ1) is 10.2. The number of hydrogen-bond donors (Lipinski definition) is 1. The van der Waals surface area contributed by atoms with Crippen LogP contribution in [-0.2, 0) is 6.42 Å². The molecule has 0 saturated heterocycles. The Morgan fingerprint density at radius 1 is 1.19 bits per heavy atom. The Bertz CT molecular complexity index is 705. The molecule has 21 heavy (non-hydrogen) atoms. The average Bonchev–Trinajstić information content (AvgIpc) is 3.31. The molecule has 3 rings (SSSR count). The van der Waals surface area contributed by atoms with Gasteiger partial charge in [0.15, 0.2) is 11.5 Å². The highest BCUT2D eigenvalue weighted by molar-refractivity contribution is 5.43. The number of nitrogens with zero attached hydrogens (tertiary/aromatic N) is 1. The van der Waals surface area contributed by atoms with Crippen molar-refractivity contribution in [2.45, 2.75) is 25.2 Å². The molecule has 1 aliphatic rings. The highest BCUT2D eigenvalue weighted by Crippen LogP contribution is 2.38. The van der Waals surface area contributed by atoms with Gasteiger partial charge in [0, 0.05) is 18.4 Å². The first-order valence-corrected chi connectivity index (χ1v) is 7.00. The highest BCUT2D eigenvalue weighted by atomic mass is 16.5. The molecule has 1 aromatic heterocycles. The number of aromatic nitrogens is 2. The number of nitrogens with one attached hydrogen (secondary N) is 1. The predicted molar refractivity (Wildman–Crippen MR) is 79.2 cm³/mol. The maximum absolute atomic E-state index is 11.7. The zero-order chi connectivity index (χ0) is 14.8. The summed E-state index contributed by atoms with van der Waals surface area (Å²) in [6.07, 6.45) is 2.83.